The van der Waals surface area contributed by atoms with Crippen LogP contribution >= 0.6 is 22.9 Å². The highest BCUT2D eigenvalue weighted by atomic mass is 35.5. The fraction of sp³-hybridized carbons (Fsp3) is 0.214. The molecule has 0 aliphatic rings. The third-order valence-corrected chi connectivity index (χ3v) is 3.47. The second kappa shape index (κ2) is 7.19. The minimum absolute atomic E-state index is 0.266. The number of benzene rings is 1. The Morgan fingerprint density at radius 1 is 1.38 bits per heavy atom. The van der Waals surface area contributed by atoms with Crippen molar-refractivity contribution in [3.05, 3.63) is 45.4 Å². The van der Waals surface area contributed by atoms with Gasteiger partial charge in [0.25, 0.3) is 0 Å². The largest absolute Gasteiger partial charge is 0.481 e. The molecule has 0 bridgehead atoms. The van der Waals surface area contributed by atoms with Crippen molar-refractivity contribution in [2.24, 2.45) is 0 Å². The number of thiazole rings is 1. The number of carbonyl (C=O) groups is 2. The van der Waals surface area contributed by atoms with Crippen LogP contribution in [0.15, 0.2) is 29.8 Å². The van der Waals surface area contributed by atoms with Gasteiger partial charge in [-0.3, -0.25) is 4.79 Å². The van der Waals surface area contributed by atoms with Gasteiger partial charge in [-0.2, -0.15) is 0 Å². The SMILES string of the molecule is CCOC(=O)COc1ccc(Cl)cc1C(=O)c1nccs1. The van der Waals surface area contributed by atoms with E-state index < -0.39 is 5.97 Å². The Morgan fingerprint density at radius 3 is 2.86 bits per heavy atom. The third kappa shape index (κ3) is 4.03. The van der Waals surface area contributed by atoms with E-state index in [2.05, 4.69) is 4.98 Å². The molecule has 2 rings (SSSR count). The molecule has 0 N–H and O–H groups in total. The third-order valence-electron chi connectivity index (χ3n) is 2.46. The molecule has 0 spiro atoms. The molecule has 0 saturated carbocycles. The number of ether oxygens (including phenoxy) is 2. The Balaban J connectivity index is 2.21. The second-order valence-corrected chi connectivity index (χ2v) is 5.23. The van der Waals surface area contributed by atoms with Crippen molar-refractivity contribution in [2.75, 3.05) is 13.2 Å². The number of nitrogens with zero attached hydrogens (tertiary/aromatic N) is 1. The summed E-state index contributed by atoms with van der Waals surface area (Å²) in [5.74, 6) is -0.529. The average molecular weight is 326 g/mol. The molecule has 0 saturated heterocycles. The number of aromatic nitrogens is 1. The van der Waals surface area contributed by atoms with E-state index in [9.17, 15) is 9.59 Å². The highest BCUT2D eigenvalue weighted by molar-refractivity contribution is 7.11. The van der Waals surface area contributed by atoms with E-state index in [-0.39, 0.29) is 30.3 Å². The van der Waals surface area contributed by atoms with Gasteiger partial charge in [-0.05, 0) is 25.1 Å². The van der Waals surface area contributed by atoms with Crippen LogP contribution in [0.5, 0.6) is 5.75 Å². The molecule has 0 aliphatic carbocycles. The first-order valence-electron chi connectivity index (χ1n) is 6.14. The lowest BCUT2D eigenvalue weighted by Gasteiger charge is -2.10. The minimum Gasteiger partial charge on any atom is -0.481 e. The normalized spacial score (nSPS) is 10.2. The van der Waals surface area contributed by atoms with Crippen molar-refractivity contribution in [3.63, 3.8) is 0 Å². The fourth-order valence-electron chi connectivity index (χ4n) is 1.60. The van der Waals surface area contributed by atoms with Crippen molar-refractivity contribution in [3.8, 4) is 5.75 Å². The van der Waals surface area contributed by atoms with Crippen LogP contribution in [0, 0.1) is 0 Å². The van der Waals surface area contributed by atoms with Crippen LogP contribution in [0.3, 0.4) is 0 Å². The van der Waals surface area contributed by atoms with Crippen LogP contribution in [0.1, 0.15) is 22.3 Å². The van der Waals surface area contributed by atoms with E-state index in [0.29, 0.717) is 10.0 Å². The molecule has 21 heavy (non-hydrogen) atoms. The zero-order valence-electron chi connectivity index (χ0n) is 11.2. The first kappa shape index (κ1) is 15.5. The van der Waals surface area contributed by atoms with Gasteiger partial charge in [0.05, 0.1) is 12.2 Å². The Labute approximate surface area is 130 Å². The van der Waals surface area contributed by atoms with Gasteiger partial charge in [-0.25, -0.2) is 9.78 Å². The quantitative estimate of drug-likeness (QED) is 0.603. The molecule has 5 nitrogen and oxygen atoms in total. The molecule has 110 valence electrons. The average Bonchev–Trinajstić information content (AvgIpc) is 2.99. The lowest BCUT2D eigenvalue weighted by molar-refractivity contribution is -0.145. The van der Waals surface area contributed by atoms with Crippen LogP contribution in [0.2, 0.25) is 5.02 Å². The van der Waals surface area contributed by atoms with E-state index >= 15 is 0 Å². The minimum atomic E-state index is -0.500. The van der Waals surface area contributed by atoms with E-state index in [1.165, 1.54) is 17.4 Å². The number of hydrogen-bond donors (Lipinski definition) is 0. The lowest BCUT2D eigenvalue weighted by atomic mass is 10.1. The van der Waals surface area contributed by atoms with Gasteiger partial charge in [0.2, 0.25) is 5.78 Å². The van der Waals surface area contributed by atoms with Crippen molar-refractivity contribution in [2.45, 2.75) is 6.92 Å². The topological polar surface area (TPSA) is 65.5 Å². The number of carbonyl (C=O) groups excluding carboxylic acids is 2. The first-order chi connectivity index (χ1) is 10.1. The van der Waals surface area contributed by atoms with Gasteiger partial charge in [0, 0.05) is 16.6 Å². The molecule has 0 aliphatic heterocycles. The molecule has 0 radical (unpaired) electrons. The Hall–Kier alpha value is -1.92. The molecule has 1 aromatic heterocycles. The van der Waals surface area contributed by atoms with Crippen molar-refractivity contribution in [1.29, 1.82) is 0 Å². The molecule has 0 atom stereocenters. The summed E-state index contributed by atoms with van der Waals surface area (Å²) in [5.41, 5.74) is 0.266. The van der Waals surface area contributed by atoms with Crippen LogP contribution in [-0.4, -0.2) is 30.0 Å². The van der Waals surface area contributed by atoms with Gasteiger partial charge >= 0.3 is 5.97 Å². The first-order valence-corrected chi connectivity index (χ1v) is 7.39. The molecular formula is C14H12ClNO4S. The van der Waals surface area contributed by atoms with E-state index in [1.54, 1.807) is 30.6 Å². The van der Waals surface area contributed by atoms with Crippen LogP contribution in [0.4, 0.5) is 0 Å². The molecule has 0 amide bonds. The summed E-state index contributed by atoms with van der Waals surface area (Å²) in [5, 5.41) is 2.44. The Kier molecular flexibility index (Phi) is 5.30. The van der Waals surface area contributed by atoms with E-state index in [0.717, 1.165) is 0 Å². The molecular weight excluding hydrogens is 314 g/mol. The number of hydrogen-bond acceptors (Lipinski definition) is 6. The molecule has 2 aromatic rings. The summed E-state index contributed by atoms with van der Waals surface area (Å²) in [4.78, 5) is 27.6. The summed E-state index contributed by atoms with van der Waals surface area (Å²) in [7, 11) is 0. The van der Waals surface area contributed by atoms with Crippen molar-refractivity contribution in [1.82, 2.24) is 4.98 Å². The number of halogens is 1. The summed E-state index contributed by atoms with van der Waals surface area (Å²) in [6, 6.07) is 4.62. The maximum absolute atomic E-state index is 12.3. The van der Waals surface area contributed by atoms with Gasteiger partial charge in [-0.1, -0.05) is 11.6 Å². The van der Waals surface area contributed by atoms with Gasteiger partial charge < -0.3 is 9.47 Å². The summed E-state index contributed by atoms with van der Waals surface area (Å²) in [6.45, 7) is 1.71. The predicted molar refractivity (Wildman–Crippen MR) is 79.1 cm³/mol. The predicted octanol–water partition coefficient (Wildman–Crippen LogP) is 2.97. The maximum Gasteiger partial charge on any atom is 0.344 e. The maximum atomic E-state index is 12.3. The fourth-order valence-corrected chi connectivity index (χ4v) is 2.36. The molecule has 1 aromatic carbocycles. The molecule has 1 heterocycles. The van der Waals surface area contributed by atoms with Gasteiger partial charge in [-0.15, -0.1) is 11.3 Å². The van der Waals surface area contributed by atoms with Crippen molar-refractivity contribution >= 4 is 34.7 Å². The van der Waals surface area contributed by atoms with Crippen LogP contribution in [-0.2, 0) is 9.53 Å². The van der Waals surface area contributed by atoms with E-state index in [4.69, 9.17) is 21.1 Å². The van der Waals surface area contributed by atoms with E-state index in [1.807, 2.05) is 0 Å². The summed E-state index contributed by atoms with van der Waals surface area (Å²) in [6.07, 6.45) is 1.54. The summed E-state index contributed by atoms with van der Waals surface area (Å²) >= 11 is 7.14. The van der Waals surface area contributed by atoms with Crippen molar-refractivity contribution < 1.29 is 19.1 Å². The lowest BCUT2D eigenvalue weighted by Crippen LogP contribution is -2.16. The number of esters is 1. The zero-order valence-corrected chi connectivity index (χ0v) is 12.7. The highest BCUT2D eigenvalue weighted by Gasteiger charge is 2.18. The Morgan fingerprint density at radius 2 is 2.19 bits per heavy atom. The highest BCUT2D eigenvalue weighted by Crippen LogP contribution is 2.26. The molecule has 0 unspecified atom stereocenters. The van der Waals surface area contributed by atoms with Gasteiger partial charge in [0.1, 0.15) is 5.75 Å². The standard InChI is InChI=1S/C14H12ClNO4S/c1-2-19-12(17)8-20-11-4-3-9(15)7-10(11)13(18)14-16-5-6-21-14/h3-7H,2,8H2,1H3. The summed E-state index contributed by atoms with van der Waals surface area (Å²) < 4.78 is 10.1. The Bertz CT molecular complexity index is 642. The second-order valence-electron chi connectivity index (χ2n) is 3.90. The number of ketones is 1. The molecule has 0 fully saturated rings. The smallest absolute Gasteiger partial charge is 0.344 e. The van der Waals surface area contributed by atoms with Crippen LogP contribution in [0.25, 0.3) is 0 Å². The molecule has 7 heteroatoms. The number of rotatable bonds is 6. The van der Waals surface area contributed by atoms with Crippen LogP contribution < -0.4 is 4.74 Å². The zero-order chi connectivity index (χ0) is 15.2. The van der Waals surface area contributed by atoms with Gasteiger partial charge in [0.15, 0.2) is 11.6 Å². The monoisotopic (exact) mass is 325 g/mol.